The molecule has 0 unspecified atom stereocenters. The van der Waals surface area contributed by atoms with Gasteiger partial charge in [-0.3, -0.25) is 0 Å². The quantitative estimate of drug-likeness (QED) is 0.916. The van der Waals surface area contributed by atoms with Gasteiger partial charge in [-0.2, -0.15) is 0 Å². The highest BCUT2D eigenvalue weighted by atomic mass is 35.5. The van der Waals surface area contributed by atoms with Gasteiger partial charge in [0, 0.05) is 43.8 Å². The van der Waals surface area contributed by atoms with Crippen molar-refractivity contribution in [2.75, 3.05) is 32.7 Å². The number of carbonyl (C=O) groups is 1. The summed E-state index contributed by atoms with van der Waals surface area (Å²) in [6.07, 6.45) is 3.23. The van der Waals surface area contributed by atoms with Crippen molar-refractivity contribution in [3.63, 3.8) is 0 Å². The topological polar surface area (TPSA) is 35.6 Å². The minimum Gasteiger partial charge on any atom is -0.338 e. The third-order valence-corrected chi connectivity index (χ3v) is 5.30. The molecule has 0 spiro atoms. The van der Waals surface area contributed by atoms with E-state index in [9.17, 15) is 4.79 Å². The van der Waals surface area contributed by atoms with Crippen molar-refractivity contribution < 1.29 is 4.79 Å². The smallest absolute Gasteiger partial charge is 0.317 e. The highest BCUT2D eigenvalue weighted by Gasteiger charge is 2.29. The van der Waals surface area contributed by atoms with Crippen LogP contribution in [-0.2, 0) is 0 Å². The third-order valence-electron chi connectivity index (χ3n) is 5.06. The summed E-state index contributed by atoms with van der Waals surface area (Å²) in [5.41, 5.74) is 1.30. The number of likely N-dealkylation sites (tertiary alicyclic amines) is 1. The summed E-state index contributed by atoms with van der Waals surface area (Å²) >= 11 is 6.09. The van der Waals surface area contributed by atoms with E-state index in [1.165, 1.54) is 5.56 Å². The fourth-order valence-electron chi connectivity index (χ4n) is 3.72. The molecule has 1 atom stereocenters. The van der Waals surface area contributed by atoms with Gasteiger partial charge < -0.3 is 15.1 Å². The van der Waals surface area contributed by atoms with Gasteiger partial charge in [0.15, 0.2) is 0 Å². The molecule has 23 heavy (non-hydrogen) atoms. The zero-order chi connectivity index (χ0) is 16.2. The van der Waals surface area contributed by atoms with E-state index in [-0.39, 0.29) is 6.03 Å². The number of hydrogen-bond acceptors (Lipinski definition) is 2. The van der Waals surface area contributed by atoms with Gasteiger partial charge in [0.05, 0.1) is 0 Å². The maximum absolute atomic E-state index is 12.0. The molecule has 3 rings (SSSR count). The SMILES string of the molecule is C[C@@H](CN1CCC(N2CCCNC2=O)CC1)c1cccc(Cl)c1. The van der Waals surface area contributed by atoms with Crippen LogP contribution in [0.25, 0.3) is 0 Å². The first kappa shape index (κ1) is 16.6. The number of urea groups is 1. The van der Waals surface area contributed by atoms with Gasteiger partial charge in [-0.15, -0.1) is 0 Å². The van der Waals surface area contributed by atoms with E-state index in [0.29, 0.717) is 12.0 Å². The molecule has 2 aliphatic heterocycles. The lowest BCUT2D eigenvalue weighted by atomic mass is 9.97. The molecule has 5 heteroatoms. The number of nitrogens with zero attached hydrogens (tertiary/aromatic N) is 2. The number of hydrogen-bond donors (Lipinski definition) is 1. The Kier molecular flexibility index (Phi) is 5.44. The molecule has 4 nitrogen and oxygen atoms in total. The van der Waals surface area contributed by atoms with E-state index in [1.54, 1.807) is 0 Å². The molecule has 2 aliphatic rings. The fraction of sp³-hybridized carbons (Fsp3) is 0.611. The number of rotatable bonds is 4. The second-order valence-corrected chi connectivity index (χ2v) is 7.20. The number of amides is 2. The Hall–Kier alpha value is -1.26. The summed E-state index contributed by atoms with van der Waals surface area (Å²) in [5.74, 6) is 0.475. The predicted octanol–water partition coefficient (Wildman–Crippen LogP) is 3.32. The maximum Gasteiger partial charge on any atom is 0.317 e. The minimum atomic E-state index is 0.127. The van der Waals surface area contributed by atoms with E-state index in [1.807, 2.05) is 17.0 Å². The molecule has 0 aliphatic carbocycles. The summed E-state index contributed by atoms with van der Waals surface area (Å²) in [6.45, 7) is 7.19. The Morgan fingerprint density at radius 3 is 2.78 bits per heavy atom. The number of piperidine rings is 1. The zero-order valence-electron chi connectivity index (χ0n) is 13.8. The van der Waals surface area contributed by atoms with Crippen molar-refractivity contribution in [1.82, 2.24) is 15.1 Å². The van der Waals surface area contributed by atoms with Gasteiger partial charge in [0.25, 0.3) is 0 Å². The molecule has 1 aromatic carbocycles. The monoisotopic (exact) mass is 335 g/mol. The first-order valence-electron chi connectivity index (χ1n) is 8.66. The van der Waals surface area contributed by atoms with Crippen LogP contribution in [0.3, 0.4) is 0 Å². The lowest BCUT2D eigenvalue weighted by Gasteiger charge is -2.40. The molecule has 0 aromatic heterocycles. The summed E-state index contributed by atoms with van der Waals surface area (Å²) in [6, 6.07) is 8.70. The van der Waals surface area contributed by atoms with Gasteiger partial charge >= 0.3 is 6.03 Å². The van der Waals surface area contributed by atoms with E-state index in [4.69, 9.17) is 11.6 Å². The molecular weight excluding hydrogens is 310 g/mol. The van der Waals surface area contributed by atoms with Crippen molar-refractivity contribution in [3.8, 4) is 0 Å². The Labute approximate surface area is 143 Å². The molecule has 1 aromatic rings. The zero-order valence-corrected chi connectivity index (χ0v) is 14.6. The van der Waals surface area contributed by atoms with Gasteiger partial charge in [-0.1, -0.05) is 30.7 Å². The lowest BCUT2D eigenvalue weighted by molar-refractivity contribution is 0.109. The Morgan fingerprint density at radius 1 is 1.30 bits per heavy atom. The molecule has 0 radical (unpaired) electrons. The largest absolute Gasteiger partial charge is 0.338 e. The molecule has 2 heterocycles. The Bertz CT molecular complexity index is 543. The van der Waals surface area contributed by atoms with Crippen LogP contribution in [0.4, 0.5) is 4.79 Å². The number of halogens is 1. The number of benzene rings is 1. The van der Waals surface area contributed by atoms with Crippen LogP contribution in [0.5, 0.6) is 0 Å². The third kappa shape index (κ3) is 4.18. The van der Waals surface area contributed by atoms with Crippen LogP contribution in [0.15, 0.2) is 24.3 Å². The summed E-state index contributed by atoms with van der Waals surface area (Å²) < 4.78 is 0. The summed E-state index contributed by atoms with van der Waals surface area (Å²) in [7, 11) is 0. The molecule has 2 saturated heterocycles. The molecule has 2 amide bonds. The predicted molar refractivity (Wildman–Crippen MR) is 94.1 cm³/mol. The minimum absolute atomic E-state index is 0.127. The van der Waals surface area contributed by atoms with Gasteiger partial charge in [0.2, 0.25) is 0 Å². The molecular formula is C18H26ClN3O. The van der Waals surface area contributed by atoms with Crippen molar-refractivity contribution >= 4 is 17.6 Å². The highest BCUT2D eigenvalue weighted by molar-refractivity contribution is 6.30. The Morgan fingerprint density at radius 2 is 2.09 bits per heavy atom. The lowest BCUT2D eigenvalue weighted by Crippen LogP contribution is -2.54. The molecule has 126 valence electrons. The van der Waals surface area contributed by atoms with Crippen molar-refractivity contribution in [2.24, 2.45) is 0 Å². The number of nitrogens with one attached hydrogen (secondary N) is 1. The van der Waals surface area contributed by atoms with E-state index < -0.39 is 0 Å². The first-order chi connectivity index (χ1) is 11.1. The molecule has 0 bridgehead atoms. The van der Waals surface area contributed by atoms with Gasteiger partial charge in [0.1, 0.15) is 0 Å². The van der Waals surface area contributed by atoms with Crippen LogP contribution < -0.4 is 5.32 Å². The average Bonchev–Trinajstić information content (AvgIpc) is 2.56. The molecule has 0 saturated carbocycles. The van der Waals surface area contributed by atoms with Crippen molar-refractivity contribution in [2.45, 2.75) is 38.1 Å². The highest BCUT2D eigenvalue weighted by Crippen LogP contribution is 2.23. The summed E-state index contributed by atoms with van der Waals surface area (Å²) in [5, 5.41) is 3.77. The van der Waals surface area contributed by atoms with Crippen LogP contribution in [0.1, 0.15) is 37.7 Å². The van der Waals surface area contributed by atoms with Crippen LogP contribution >= 0.6 is 11.6 Å². The maximum atomic E-state index is 12.0. The van der Waals surface area contributed by atoms with Crippen LogP contribution in [0, 0.1) is 0 Å². The second-order valence-electron chi connectivity index (χ2n) is 6.77. The van der Waals surface area contributed by atoms with Gasteiger partial charge in [-0.05, 0) is 42.9 Å². The standard InChI is InChI=1S/C18H26ClN3O/c1-14(15-4-2-5-16(19)12-15)13-21-10-6-17(7-11-21)22-9-3-8-20-18(22)23/h2,4-5,12,14,17H,3,6-11,13H2,1H3,(H,20,23)/t14-/m0/s1. The summed E-state index contributed by atoms with van der Waals surface area (Å²) in [4.78, 5) is 16.5. The van der Waals surface area contributed by atoms with E-state index in [2.05, 4.69) is 29.3 Å². The fourth-order valence-corrected chi connectivity index (χ4v) is 3.91. The average molecular weight is 336 g/mol. The normalized spacial score (nSPS) is 22.0. The Balaban J connectivity index is 1.50. The van der Waals surface area contributed by atoms with E-state index in [0.717, 1.165) is 57.0 Å². The first-order valence-corrected chi connectivity index (χ1v) is 9.03. The van der Waals surface area contributed by atoms with Crippen LogP contribution in [-0.4, -0.2) is 54.6 Å². The van der Waals surface area contributed by atoms with E-state index >= 15 is 0 Å². The molecule has 2 fully saturated rings. The number of carbonyl (C=O) groups excluding carboxylic acids is 1. The van der Waals surface area contributed by atoms with Gasteiger partial charge in [-0.25, -0.2) is 4.79 Å². The second kappa shape index (κ2) is 7.54. The van der Waals surface area contributed by atoms with Crippen LogP contribution in [0.2, 0.25) is 5.02 Å². The van der Waals surface area contributed by atoms with Crippen molar-refractivity contribution in [1.29, 1.82) is 0 Å². The molecule has 1 N–H and O–H groups in total. The van der Waals surface area contributed by atoms with Crippen molar-refractivity contribution in [3.05, 3.63) is 34.9 Å².